The van der Waals surface area contributed by atoms with E-state index in [9.17, 15) is 4.39 Å². The Bertz CT molecular complexity index is 466. The lowest BCUT2D eigenvalue weighted by atomic mass is 9.60. The molecule has 106 valence electrons. The van der Waals surface area contributed by atoms with Crippen LogP contribution in [0.15, 0.2) is 22.7 Å². The van der Waals surface area contributed by atoms with Crippen molar-refractivity contribution in [1.29, 1.82) is 0 Å². The monoisotopic (exact) mass is 327 g/mol. The van der Waals surface area contributed by atoms with E-state index in [-0.39, 0.29) is 11.2 Å². The predicted octanol–water partition coefficient (Wildman–Crippen LogP) is 4.98. The van der Waals surface area contributed by atoms with Gasteiger partial charge in [-0.3, -0.25) is 0 Å². The molecule has 0 spiro atoms. The maximum Gasteiger partial charge on any atom is 0.142 e. The fourth-order valence-corrected chi connectivity index (χ4v) is 3.96. The van der Waals surface area contributed by atoms with Crippen molar-refractivity contribution in [3.63, 3.8) is 0 Å². The molecule has 0 amide bonds. The minimum atomic E-state index is -0.551. The van der Waals surface area contributed by atoms with Gasteiger partial charge >= 0.3 is 0 Å². The van der Waals surface area contributed by atoms with Gasteiger partial charge in [0, 0.05) is 11.1 Å². The average Bonchev–Trinajstić information content (AvgIpc) is 2.31. The lowest BCUT2D eigenvalue weighted by molar-refractivity contribution is 0.0751. The highest BCUT2D eigenvalue weighted by atomic mass is 79.9. The maximum atomic E-state index is 14.5. The standard InChI is InChI=1S/C16H23BrFN/c1-15(2,3)13-9-4-5-10-16(13,19)11-7-6-8-12(17)14(11)18/h6-8,13H,4-5,9-10,19H2,1-3H3. The molecule has 3 heteroatoms. The molecule has 1 aromatic rings. The van der Waals surface area contributed by atoms with Crippen LogP contribution in [0.5, 0.6) is 0 Å². The summed E-state index contributed by atoms with van der Waals surface area (Å²) in [7, 11) is 0. The van der Waals surface area contributed by atoms with Gasteiger partial charge in [0.05, 0.1) is 4.47 Å². The summed E-state index contributed by atoms with van der Waals surface area (Å²) in [5.74, 6) is 0.110. The Kier molecular flexibility index (Phi) is 4.08. The van der Waals surface area contributed by atoms with Gasteiger partial charge in [-0.2, -0.15) is 0 Å². The van der Waals surface area contributed by atoms with E-state index >= 15 is 0 Å². The van der Waals surface area contributed by atoms with Gasteiger partial charge < -0.3 is 5.73 Å². The van der Waals surface area contributed by atoms with Crippen molar-refractivity contribution in [2.45, 2.75) is 52.0 Å². The van der Waals surface area contributed by atoms with E-state index in [4.69, 9.17) is 5.73 Å². The van der Waals surface area contributed by atoms with Gasteiger partial charge in [0.1, 0.15) is 5.82 Å². The normalized spacial score (nSPS) is 28.4. The maximum absolute atomic E-state index is 14.5. The third-order valence-corrected chi connectivity index (χ3v) is 5.07. The van der Waals surface area contributed by atoms with Crippen LogP contribution in [-0.4, -0.2) is 0 Å². The minimum Gasteiger partial charge on any atom is -0.321 e. The first kappa shape index (κ1) is 15.0. The molecule has 0 radical (unpaired) electrons. The Hall–Kier alpha value is -0.410. The van der Waals surface area contributed by atoms with Crippen LogP contribution in [0.25, 0.3) is 0 Å². The molecular formula is C16H23BrFN. The molecule has 1 aliphatic carbocycles. The van der Waals surface area contributed by atoms with Gasteiger partial charge in [0.15, 0.2) is 0 Å². The van der Waals surface area contributed by atoms with Crippen LogP contribution >= 0.6 is 15.9 Å². The van der Waals surface area contributed by atoms with E-state index in [1.807, 2.05) is 12.1 Å². The number of nitrogens with two attached hydrogens (primary N) is 1. The molecule has 1 aromatic carbocycles. The predicted molar refractivity (Wildman–Crippen MR) is 81.4 cm³/mol. The highest BCUT2D eigenvalue weighted by Crippen LogP contribution is 2.49. The van der Waals surface area contributed by atoms with Gasteiger partial charge in [0.25, 0.3) is 0 Å². The first-order valence-electron chi connectivity index (χ1n) is 7.00. The average molecular weight is 328 g/mol. The molecule has 2 atom stereocenters. The van der Waals surface area contributed by atoms with E-state index in [0.717, 1.165) is 19.3 Å². The minimum absolute atomic E-state index is 0.0872. The van der Waals surface area contributed by atoms with Crippen molar-refractivity contribution in [2.24, 2.45) is 17.1 Å². The highest BCUT2D eigenvalue weighted by molar-refractivity contribution is 9.10. The summed E-state index contributed by atoms with van der Waals surface area (Å²) >= 11 is 3.28. The quantitative estimate of drug-likeness (QED) is 0.773. The van der Waals surface area contributed by atoms with Gasteiger partial charge in [0.2, 0.25) is 0 Å². The van der Waals surface area contributed by atoms with Gasteiger partial charge in [-0.15, -0.1) is 0 Å². The SMILES string of the molecule is CC(C)(C)C1CCCCC1(N)c1cccc(Br)c1F. The summed E-state index contributed by atoms with van der Waals surface area (Å²) in [4.78, 5) is 0. The molecule has 0 aromatic heterocycles. The van der Waals surface area contributed by atoms with Crippen LogP contribution < -0.4 is 5.73 Å². The molecule has 2 unspecified atom stereocenters. The number of benzene rings is 1. The second kappa shape index (κ2) is 5.17. The fourth-order valence-electron chi connectivity index (χ4n) is 3.59. The Morgan fingerprint density at radius 3 is 2.63 bits per heavy atom. The number of hydrogen-bond donors (Lipinski definition) is 1. The van der Waals surface area contributed by atoms with E-state index in [2.05, 4.69) is 36.7 Å². The van der Waals surface area contributed by atoms with Crippen LogP contribution in [0.4, 0.5) is 4.39 Å². The van der Waals surface area contributed by atoms with Gasteiger partial charge in [-0.1, -0.05) is 45.7 Å². The molecule has 1 nitrogen and oxygen atoms in total. The third-order valence-electron chi connectivity index (χ3n) is 4.45. The summed E-state index contributed by atoms with van der Waals surface area (Å²) in [6, 6.07) is 5.46. The Labute approximate surface area is 123 Å². The second-order valence-corrected chi connectivity index (χ2v) is 7.66. The van der Waals surface area contributed by atoms with Gasteiger partial charge in [-0.05, 0) is 46.2 Å². The summed E-state index contributed by atoms with van der Waals surface area (Å²) in [5, 5.41) is 0. The van der Waals surface area contributed by atoms with E-state index in [1.165, 1.54) is 6.42 Å². The molecular weight excluding hydrogens is 305 g/mol. The zero-order valence-corrected chi connectivity index (χ0v) is 13.6. The molecule has 19 heavy (non-hydrogen) atoms. The molecule has 0 aliphatic heterocycles. The molecule has 2 N–H and O–H groups in total. The molecule has 0 heterocycles. The van der Waals surface area contributed by atoms with Crippen LogP contribution in [0.1, 0.15) is 52.0 Å². The molecule has 1 fully saturated rings. The molecule has 0 saturated heterocycles. The lowest BCUT2D eigenvalue weighted by Gasteiger charge is -2.48. The zero-order chi connectivity index (χ0) is 14.3. The van der Waals surface area contributed by atoms with Crippen molar-refractivity contribution in [2.75, 3.05) is 0 Å². The Morgan fingerprint density at radius 2 is 2.00 bits per heavy atom. The van der Waals surface area contributed by atoms with Gasteiger partial charge in [-0.25, -0.2) is 4.39 Å². The fraction of sp³-hybridized carbons (Fsp3) is 0.625. The van der Waals surface area contributed by atoms with Crippen LogP contribution in [-0.2, 0) is 5.54 Å². The first-order chi connectivity index (χ1) is 8.77. The first-order valence-corrected chi connectivity index (χ1v) is 7.79. The van der Waals surface area contributed by atoms with Crippen molar-refractivity contribution in [3.8, 4) is 0 Å². The van der Waals surface area contributed by atoms with Crippen molar-refractivity contribution < 1.29 is 4.39 Å². The van der Waals surface area contributed by atoms with E-state index in [1.54, 1.807) is 6.07 Å². The highest BCUT2D eigenvalue weighted by Gasteiger charge is 2.45. The van der Waals surface area contributed by atoms with Crippen LogP contribution in [0.3, 0.4) is 0 Å². The molecule has 2 rings (SSSR count). The summed E-state index contributed by atoms with van der Waals surface area (Å²) in [6.45, 7) is 6.63. The molecule has 1 saturated carbocycles. The molecule has 0 bridgehead atoms. The summed E-state index contributed by atoms with van der Waals surface area (Å²) in [6.07, 6.45) is 4.21. The number of rotatable bonds is 1. The third kappa shape index (κ3) is 2.73. The Balaban J connectivity index is 2.51. The van der Waals surface area contributed by atoms with Crippen LogP contribution in [0.2, 0.25) is 0 Å². The van der Waals surface area contributed by atoms with Crippen molar-refractivity contribution in [3.05, 3.63) is 34.1 Å². The number of hydrogen-bond acceptors (Lipinski definition) is 1. The van der Waals surface area contributed by atoms with Crippen molar-refractivity contribution in [1.82, 2.24) is 0 Å². The summed E-state index contributed by atoms with van der Waals surface area (Å²) in [5.41, 5.74) is 6.92. The smallest absolute Gasteiger partial charge is 0.142 e. The zero-order valence-electron chi connectivity index (χ0n) is 12.0. The van der Waals surface area contributed by atoms with E-state index in [0.29, 0.717) is 16.0 Å². The van der Waals surface area contributed by atoms with Crippen LogP contribution in [0, 0.1) is 17.2 Å². The lowest BCUT2D eigenvalue weighted by Crippen LogP contribution is -2.51. The largest absolute Gasteiger partial charge is 0.321 e. The second-order valence-electron chi connectivity index (χ2n) is 6.81. The Morgan fingerprint density at radius 1 is 1.32 bits per heavy atom. The topological polar surface area (TPSA) is 26.0 Å². The number of halogens is 2. The molecule has 1 aliphatic rings. The summed E-state index contributed by atoms with van der Waals surface area (Å²) < 4.78 is 15.0. The van der Waals surface area contributed by atoms with E-state index < -0.39 is 5.54 Å². The van der Waals surface area contributed by atoms with Crippen molar-refractivity contribution >= 4 is 15.9 Å².